The number of fused-ring (bicyclic) bond motifs is 1. The molecule has 2 rings (SSSR count). The van der Waals surface area contributed by atoms with Gasteiger partial charge in [-0.15, -0.1) is 0 Å². The van der Waals surface area contributed by atoms with E-state index in [4.69, 9.17) is 5.50 Å². The standard InChI is InChI=1S/C9H11N2O3P/c10-15(13,14)11-9-3-1-2-6-4-7(12)5-8(6)9/h1-3,5,12H,4H2,(H4,10,11,13,14)/p-1. The van der Waals surface area contributed by atoms with Crippen LogP contribution in [0, 0.1) is 0 Å². The van der Waals surface area contributed by atoms with Crippen molar-refractivity contribution >= 4 is 19.4 Å². The summed E-state index contributed by atoms with van der Waals surface area (Å²) in [6.45, 7) is 0. The highest BCUT2D eigenvalue weighted by Gasteiger charge is 2.15. The molecule has 0 radical (unpaired) electrons. The first-order chi connectivity index (χ1) is 6.96. The van der Waals surface area contributed by atoms with E-state index in [-0.39, 0.29) is 5.76 Å². The first kappa shape index (κ1) is 10.2. The molecule has 4 N–H and O–H groups in total. The van der Waals surface area contributed by atoms with Crippen molar-refractivity contribution in [3.8, 4) is 0 Å². The summed E-state index contributed by atoms with van der Waals surface area (Å²) >= 11 is 0. The Hall–Kier alpha value is -1.29. The van der Waals surface area contributed by atoms with Crippen LogP contribution in [-0.2, 0) is 11.0 Å². The minimum Gasteiger partial charge on any atom is -0.772 e. The number of anilines is 1. The van der Waals surface area contributed by atoms with Gasteiger partial charge >= 0.3 is 0 Å². The minimum atomic E-state index is -4.05. The van der Waals surface area contributed by atoms with Crippen molar-refractivity contribution in [1.82, 2.24) is 0 Å². The van der Waals surface area contributed by atoms with Crippen molar-refractivity contribution in [2.24, 2.45) is 5.50 Å². The minimum absolute atomic E-state index is 0.219. The Balaban J connectivity index is 2.42. The van der Waals surface area contributed by atoms with Gasteiger partial charge in [0, 0.05) is 17.7 Å². The fraction of sp³-hybridized carbons (Fsp3) is 0.111. The van der Waals surface area contributed by atoms with E-state index in [9.17, 15) is 14.6 Å². The topological polar surface area (TPSA) is 98.4 Å². The lowest BCUT2D eigenvalue weighted by molar-refractivity contribution is -0.173. The van der Waals surface area contributed by atoms with E-state index >= 15 is 0 Å². The smallest absolute Gasteiger partial charge is 0.165 e. The largest absolute Gasteiger partial charge is 0.772 e. The Morgan fingerprint density at radius 3 is 2.93 bits per heavy atom. The highest BCUT2D eigenvalue weighted by molar-refractivity contribution is 7.55. The molecule has 15 heavy (non-hydrogen) atoms. The van der Waals surface area contributed by atoms with E-state index < -0.39 is 7.67 Å². The lowest BCUT2D eigenvalue weighted by Crippen LogP contribution is -2.17. The molecule has 1 aliphatic carbocycles. The highest BCUT2D eigenvalue weighted by Crippen LogP contribution is 2.35. The Labute approximate surface area is 86.8 Å². The van der Waals surface area contributed by atoms with Gasteiger partial charge in [-0.2, -0.15) is 0 Å². The Kier molecular flexibility index (Phi) is 2.31. The Morgan fingerprint density at radius 1 is 1.53 bits per heavy atom. The second-order valence-electron chi connectivity index (χ2n) is 3.40. The molecule has 0 bridgehead atoms. The van der Waals surface area contributed by atoms with Crippen molar-refractivity contribution in [2.45, 2.75) is 6.42 Å². The predicted molar refractivity (Wildman–Crippen MR) is 56.2 cm³/mol. The summed E-state index contributed by atoms with van der Waals surface area (Å²) in [6, 6.07) is 5.14. The second-order valence-corrected chi connectivity index (χ2v) is 4.82. The first-order valence-corrected chi connectivity index (χ1v) is 6.04. The van der Waals surface area contributed by atoms with Gasteiger partial charge in [-0.3, -0.25) is 10.1 Å². The normalized spacial score (nSPS) is 17.9. The summed E-state index contributed by atoms with van der Waals surface area (Å²) in [5.74, 6) is 0.219. The van der Waals surface area contributed by atoms with E-state index in [1.54, 1.807) is 12.1 Å². The fourth-order valence-corrected chi connectivity index (χ4v) is 2.15. The summed E-state index contributed by atoms with van der Waals surface area (Å²) in [5, 5.41) is 11.6. The molecule has 0 spiro atoms. The number of aliphatic hydroxyl groups is 1. The zero-order chi connectivity index (χ0) is 11.1. The summed E-state index contributed by atoms with van der Waals surface area (Å²) in [4.78, 5) is 10.9. The molecule has 1 aromatic carbocycles. The molecule has 1 unspecified atom stereocenters. The molecule has 6 heteroatoms. The van der Waals surface area contributed by atoms with Gasteiger partial charge in [0.15, 0.2) is 7.67 Å². The van der Waals surface area contributed by atoms with Gasteiger partial charge in [-0.1, -0.05) is 12.1 Å². The van der Waals surface area contributed by atoms with Crippen LogP contribution in [-0.4, -0.2) is 5.11 Å². The van der Waals surface area contributed by atoms with Gasteiger partial charge in [-0.05, 0) is 17.7 Å². The average molecular weight is 225 g/mol. The van der Waals surface area contributed by atoms with Gasteiger partial charge in [0.2, 0.25) is 0 Å². The monoisotopic (exact) mass is 225 g/mol. The molecule has 0 aromatic heterocycles. The Bertz CT molecular complexity index is 478. The highest BCUT2D eigenvalue weighted by atomic mass is 31.2. The lowest BCUT2D eigenvalue weighted by atomic mass is 10.1. The van der Waals surface area contributed by atoms with Gasteiger partial charge in [0.25, 0.3) is 0 Å². The summed E-state index contributed by atoms with van der Waals surface area (Å²) in [7, 11) is -4.05. The summed E-state index contributed by atoms with van der Waals surface area (Å²) in [6.07, 6.45) is 1.96. The molecular weight excluding hydrogens is 215 g/mol. The molecule has 5 nitrogen and oxygen atoms in total. The number of benzene rings is 1. The van der Waals surface area contributed by atoms with E-state index in [2.05, 4.69) is 5.09 Å². The fourth-order valence-electron chi connectivity index (χ4n) is 1.62. The van der Waals surface area contributed by atoms with E-state index in [1.165, 1.54) is 6.08 Å². The van der Waals surface area contributed by atoms with Crippen LogP contribution < -0.4 is 15.5 Å². The molecular formula is C9H10N2O3P-. The van der Waals surface area contributed by atoms with Crippen LogP contribution in [0.25, 0.3) is 6.08 Å². The van der Waals surface area contributed by atoms with Crippen LogP contribution in [0.5, 0.6) is 0 Å². The van der Waals surface area contributed by atoms with Crippen molar-refractivity contribution in [2.75, 3.05) is 5.09 Å². The average Bonchev–Trinajstić information content (AvgIpc) is 2.43. The number of nitrogens with one attached hydrogen (secondary N) is 1. The van der Waals surface area contributed by atoms with Crippen LogP contribution >= 0.6 is 7.67 Å². The number of hydrogen-bond acceptors (Lipinski definition) is 3. The van der Waals surface area contributed by atoms with E-state index in [0.29, 0.717) is 17.7 Å². The van der Waals surface area contributed by atoms with Crippen molar-refractivity contribution < 1.29 is 14.6 Å². The van der Waals surface area contributed by atoms with E-state index in [0.717, 1.165) is 5.56 Å². The molecule has 1 aliphatic rings. The van der Waals surface area contributed by atoms with Gasteiger partial charge in [0.1, 0.15) is 0 Å². The molecule has 0 saturated carbocycles. The quantitative estimate of drug-likeness (QED) is 0.651. The molecule has 0 aliphatic heterocycles. The number of rotatable bonds is 2. The summed E-state index contributed by atoms with van der Waals surface area (Å²) in [5.41, 5.74) is 6.86. The molecule has 1 aromatic rings. The van der Waals surface area contributed by atoms with Crippen LogP contribution in [0.4, 0.5) is 5.69 Å². The molecule has 0 heterocycles. The molecule has 1 atom stereocenters. The van der Waals surface area contributed by atoms with Crippen molar-refractivity contribution in [1.29, 1.82) is 0 Å². The lowest BCUT2D eigenvalue weighted by Gasteiger charge is -2.21. The third-order valence-electron chi connectivity index (χ3n) is 2.16. The maximum Gasteiger partial charge on any atom is 0.165 e. The number of allylic oxidation sites excluding steroid dienone is 1. The molecule has 0 amide bonds. The molecule has 80 valence electrons. The second kappa shape index (κ2) is 3.38. The first-order valence-electron chi connectivity index (χ1n) is 4.35. The third-order valence-corrected chi connectivity index (χ3v) is 2.71. The zero-order valence-electron chi connectivity index (χ0n) is 7.80. The van der Waals surface area contributed by atoms with Crippen molar-refractivity contribution in [3.63, 3.8) is 0 Å². The van der Waals surface area contributed by atoms with Crippen LogP contribution in [0.2, 0.25) is 0 Å². The molecule has 0 saturated heterocycles. The summed E-state index contributed by atoms with van der Waals surface area (Å²) < 4.78 is 10.9. The maximum atomic E-state index is 10.9. The number of aliphatic hydroxyl groups excluding tert-OH is 1. The number of hydrogen-bond donors (Lipinski definition) is 3. The van der Waals surface area contributed by atoms with Gasteiger partial charge in [-0.25, -0.2) is 0 Å². The Morgan fingerprint density at radius 2 is 2.27 bits per heavy atom. The van der Waals surface area contributed by atoms with Crippen LogP contribution in [0.15, 0.2) is 24.0 Å². The van der Waals surface area contributed by atoms with Crippen molar-refractivity contribution in [3.05, 3.63) is 35.1 Å². The number of nitrogens with two attached hydrogens (primary N) is 1. The SMILES string of the molecule is NP(=O)([O-])Nc1cccc2c1C=C(O)C2. The maximum absolute atomic E-state index is 10.9. The van der Waals surface area contributed by atoms with Gasteiger partial charge in [0.05, 0.1) is 5.76 Å². The van der Waals surface area contributed by atoms with Crippen LogP contribution in [0.1, 0.15) is 11.1 Å². The van der Waals surface area contributed by atoms with Crippen LogP contribution in [0.3, 0.4) is 0 Å². The zero-order valence-corrected chi connectivity index (χ0v) is 8.70. The molecule has 0 fully saturated rings. The van der Waals surface area contributed by atoms with Gasteiger partial charge < -0.3 is 15.1 Å². The third kappa shape index (κ3) is 2.21. The predicted octanol–water partition coefficient (Wildman–Crippen LogP) is 0.981. The van der Waals surface area contributed by atoms with E-state index in [1.807, 2.05) is 6.07 Å².